The van der Waals surface area contributed by atoms with E-state index >= 15 is 0 Å². The minimum Gasteiger partial charge on any atom is -0.368 e. The number of aryl methyl sites for hydroxylation is 1. The fourth-order valence-corrected chi connectivity index (χ4v) is 5.70. The molecule has 0 bridgehead atoms. The van der Waals surface area contributed by atoms with Crippen molar-refractivity contribution >= 4 is 10.9 Å². The molecule has 0 amide bonds. The SMILES string of the molecule is Cc1ccc2[nH]c3c(c2c1)CCOC31CCN(Cc2ccccc2-c2ccccc2)CC1. The Bertz CT molecular complexity index is 1250. The summed E-state index contributed by atoms with van der Waals surface area (Å²) in [6.45, 7) is 6.10. The summed E-state index contributed by atoms with van der Waals surface area (Å²) >= 11 is 0. The van der Waals surface area contributed by atoms with Crippen molar-refractivity contribution in [3.8, 4) is 11.1 Å². The fourth-order valence-electron chi connectivity index (χ4n) is 5.70. The molecule has 0 atom stereocenters. The van der Waals surface area contributed by atoms with E-state index in [0.717, 1.165) is 45.5 Å². The summed E-state index contributed by atoms with van der Waals surface area (Å²) < 4.78 is 6.53. The lowest BCUT2D eigenvalue weighted by Gasteiger charge is -2.44. The van der Waals surface area contributed by atoms with Crippen molar-refractivity contribution in [3.05, 3.63) is 95.2 Å². The first kappa shape index (κ1) is 19.8. The lowest BCUT2D eigenvalue weighted by Crippen LogP contribution is -2.46. The van der Waals surface area contributed by atoms with Crippen LogP contribution >= 0.6 is 0 Å². The van der Waals surface area contributed by atoms with E-state index in [4.69, 9.17) is 4.74 Å². The number of fused-ring (bicyclic) bond motifs is 4. The van der Waals surface area contributed by atoms with Gasteiger partial charge in [0.05, 0.1) is 12.3 Å². The van der Waals surface area contributed by atoms with Gasteiger partial charge < -0.3 is 9.72 Å². The maximum Gasteiger partial charge on any atom is 0.110 e. The number of ether oxygens (including phenoxy) is 1. The number of hydrogen-bond donors (Lipinski definition) is 1. The zero-order valence-electron chi connectivity index (χ0n) is 18.7. The molecule has 1 spiro atoms. The third-order valence-electron chi connectivity index (χ3n) is 7.41. The molecule has 6 rings (SSSR count). The van der Waals surface area contributed by atoms with Gasteiger partial charge in [-0.05, 0) is 60.6 Å². The summed E-state index contributed by atoms with van der Waals surface area (Å²) in [5, 5.41) is 1.39. The van der Waals surface area contributed by atoms with Gasteiger partial charge in [0.25, 0.3) is 0 Å². The van der Waals surface area contributed by atoms with Gasteiger partial charge >= 0.3 is 0 Å². The molecule has 4 aromatic rings. The highest BCUT2D eigenvalue weighted by Gasteiger charge is 2.42. The molecule has 1 aromatic heterocycles. The Kier molecular flexibility index (Phi) is 4.89. The van der Waals surface area contributed by atoms with E-state index in [1.54, 1.807) is 0 Å². The number of piperidine rings is 1. The number of aromatic amines is 1. The maximum absolute atomic E-state index is 6.53. The number of nitrogens with zero attached hydrogens (tertiary/aromatic N) is 1. The van der Waals surface area contributed by atoms with Crippen molar-refractivity contribution in [1.82, 2.24) is 9.88 Å². The molecule has 1 N–H and O–H groups in total. The molecular formula is C29H30N2O. The van der Waals surface area contributed by atoms with Crippen LogP contribution in [0.3, 0.4) is 0 Å². The molecule has 3 heteroatoms. The van der Waals surface area contributed by atoms with Crippen molar-refractivity contribution in [1.29, 1.82) is 0 Å². The van der Waals surface area contributed by atoms with Gasteiger partial charge in [-0.15, -0.1) is 0 Å². The largest absolute Gasteiger partial charge is 0.368 e. The molecule has 3 nitrogen and oxygen atoms in total. The summed E-state index contributed by atoms with van der Waals surface area (Å²) in [5.41, 5.74) is 9.29. The van der Waals surface area contributed by atoms with Crippen LogP contribution in [0, 0.1) is 6.92 Å². The first-order valence-corrected chi connectivity index (χ1v) is 11.8. The normalized spacial score (nSPS) is 18.2. The van der Waals surface area contributed by atoms with Crippen molar-refractivity contribution in [2.75, 3.05) is 19.7 Å². The van der Waals surface area contributed by atoms with E-state index in [0.29, 0.717) is 0 Å². The Morgan fingerprint density at radius 3 is 2.56 bits per heavy atom. The average Bonchev–Trinajstić information content (AvgIpc) is 3.21. The van der Waals surface area contributed by atoms with Crippen LogP contribution in [-0.2, 0) is 23.3 Å². The van der Waals surface area contributed by atoms with Crippen molar-refractivity contribution in [2.45, 2.75) is 38.3 Å². The van der Waals surface area contributed by atoms with E-state index < -0.39 is 0 Å². The molecule has 32 heavy (non-hydrogen) atoms. The second-order valence-corrected chi connectivity index (χ2v) is 9.42. The van der Waals surface area contributed by atoms with Gasteiger partial charge in [0.1, 0.15) is 5.60 Å². The summed E-state index contributed by atoms with van der Waals surface area (Å²) in [5.74, 6) is 0. The second kappa shape index (κ2) is 7.91. The fraction of sp³-hybridized carbons (Fsp3) is 0.310. The lowest BCUT2D eigenvalue weighted by molar-refractivity contribution is -0.101. The van der Waals surface area contributed by atoms with Crippen LogP contribution in [0.4, 0.5) is 0 Å². The Labute approximate surface area is 190 Å². The number of rotatable bonds is 3. The van der Waals surface area contributed by atoms with Crippen LogP contribution in [0.5, 0.6) is 0 Å². The zero-order chi connectivity index (χ0) is 21.5. The van der Waals surface area contributed by atoms with Gasteiger partial charge in [0.2, 0.25) is 0 Å². The van der Waals surface area contributed by atoms with E-state index in [1.807, 2.05) is 0 Å². The zero-order valence-corrected chi connectivity index (χ0v) is 18.7. The third-order valence-corrected chi connectivity index (χ3v) is 7.41. The molecular weight excluding hydrogens is 392 g/mol. The first-order chi connectivity index (χ1) is 15.7. The molecule has 1 fully saturated rings. The predicted molar refractivity (Wildman–Crippen MR) is 131 cm³/mol. The van der Waals surface area contributed by atoms with Crippen molar-refractivity contribution < 1.29 is 4.74 Å². The summed E-state index contributed by atoms with van der Waals surface area (Å²) in [6.07, 6.45) is 3.09. The van der Waals surface area contributed by atoms with Gasteiger partial charge in [-0.1, -0.05) is 66.2 Å². The highest BCUT2D eigenvalue weighted by molar-refractivity contribution is 5.86. The standard InChI is InChI=1S/C29H30N2O/c1-21-11-12-27-26(19-21)25-13-18-32-29(28(25)30-27)14-16-31(17-15-29)20-23-9-5-6-10-24(23)22-7-3-2-4-8-22/h2-12,19,30H,13-18,20H2,1H3. The average molecular weight is 423 g/mol. The maximum atomic E-state index is 6.53. The van der Waals surface area contributed by atoms with Crippen LogP contribution in [0.15, 0.2) is 72.8 Å². The minimum absolute atomic E-state index is 0.157. The molecule has 2 aliphatic rings. The van der Waals surface area contributed by atoms with Crippen LogP contribution < -0.4 is 0 Å². The molecule has 0 unspecified atom stereocenters. The van der Waals surface area contributed by atoms with E-state index in [9.17, 15) is 0 Å². The minimum atomic E-state index is -0.157. The number of likely N-dealkylation sites (tertiary alicyclic amines) is 1. The molecule has 3 heterocycles. The van der Waals surface area contributed by atoms with E-state index in [2.05, 4.69) is 89.6 Å². The number of hydrogen-bond acceptors (Lipinski definition) is 2. The third kappa shape index (κ3) is 3.37. The van der Waals surface area contributed by atoms with Gasteiger partial charge in [-0.25, -0.2) is 0 Å². The van der Waals surface area contributed by atoms with Gasteiger partial charge in [0, 0.05) is 30.5 Å². The number of nitrogens with one attached hydrogen (secondary N) is 1. The quantitative estimate of drug-likeness (QED) is 0.425. The van der Waals surface area contributed by atoms with Crippen molar-refractivity contribution in [2.24, 2.45) is 0 Å². The molecule has 3 aromatic carbocycles. The molecule has 0 radical (unpaired) electrons. The summed E-state index contributed by atoms with van der Waals surface area (Å²) in [4.78, 5) is 6.35. The second-order valence-electron chi connectivity index (χ2n) is 9.42. The van der Waals surface area contributed by atoms with Gasteiger partial charge in [-0.2, -0.15) is 0 Å². The molecule has 0 aliphatic carbocycles. The number of aromatic nitrogens is 1. The lowest BCUT2D eigenvalue weighted by atomic mass is 9.83. The Hall–Kier alpha value is -2.88. The van der Waals surface area contributed by atoms with Crippen molar-refractivity contribution in [3.63, 3.8) is 0 Å². The van der Waals surface area contributed by atoms with Crippen LogP contribution in [0.1, 0.15) is 35.2 Å². The Balaban J connectivity index is 1.24. The highest BCUT2D eigenvalue weighted by atomic mass is 16.5. The number of H-pyrrole nitrogens is 1. The van der Waals surface area contributed by atoms with Crippen LogP contribution in [0.25, 0.3) is 22.0 Å². The topological polar surface area (TPSA) is 28.3 Å². The summed E-state index contributed by atoms with van der Waals surface area (Å²) in [6, 6.07) is 26.3. The smallest absolute Gasteiger partial charge is 0.110 e. The van der Waals surface area contributed by atoms with Gasteiger partial charge in [0.15, 0.2) is 0 Å². The molecule has 162 valence electrons. The van der Waals surface area contributed by atoms with E-state index in [-0.39, 0.29) is 5.60 Å². The summed E-state index contributed by atoms with van der Waals surface area (Å²) in [7, 11) is 0. The highest BCUT2D eigenvalue weighted by Crippen LogP contribution is 2.44. The Morgan fingerprint density at radius 1 is 0.938 bits per heavy atom. The first-order valence-electron chi connectivity index (χ1n) is 11.8. The van der Waals surface area contributed by atoms with Crippen LogP contribution in [-0.4, -0.2) is 29.6 Å². The number of benzene rings is 3. The van der Waals surface area contributed by atoms with Crippen LogP contribution in [0.2, 0.25) is 0 Å². The molecule has 2 aliphatic heterocycles. The monoisotopic (exact) mass is 422 g/mol. The Morgan fingerprint density at radius 2 is 1.72 bits per heavy atom. The van der Waals surface area contributed by atoms with E-state index in [1.165, 1.54) is 44.4 Å². The molecule has 1 saturated heterocycles. The predicted octanol–water partition coefficient (Wildman–Crippen LogP) is 6.21. The molecule has 0 saturated carbocycles. The van der Waals surface area contributed by atoms with Gasteiger partial charge in [-0.3, -0.25) is 4.90 Å².